The predicted molar refractivity (Wildman–Crippen MR) is 125 cm³/mol. The summed E-state index contributed by atoms with van der Waals surface area (Å²) in [4.78, 5) is 37.5. The standard InChI is InChI=1S/C23H31Cl2NO3S/c1-15(2)9-12-23(10-5-4-6-11-23)22(29)26-19-13-17(24)18(25)14-20(19)30-21(28)8-7-16(3)27/h13-15H,4-12H2,1-3H3,(H,26,29). The number of thioether (sulfide) groups is 1. The first kappa shape index (κ1) is 25.2. The Morgan fingerprint density at radius 2 is 1.70 bits per heavy atom. The molecule has 1 saturated carbocycles. The van der Waals surface area contributed by atoms with Gasteiger partial charge in [0.25, 0.3) is 0 Å². The van der Waals surface area contributed by atoms with Crippen molar-refractivity contribution in [1.29, 1.82) is 0 Å². The van der Waals surface area contributed by atoms with Gasteiger partial charge in [-0.2, -0.15) is 0 Å². The molecule has 0 bridgehead atoms. The molecule has 4 nitrogen and oxygen atoms in total. The lowest BCUT2D eigenvalue weighted by atomic mass is 9.69. The summed E-state index contributed by atoms with van der Waals surface area (Å²) >= 11 is 13.4. The number of hydrogen-bond donors (Lipinski definition) is 1. The predicted octanol–water partition coefficient (Wildman–Crippen LogP) is 7.31. The molecule has 1 aromatic rings. The molecule has 1 amide bonds. The fourth-order valence-electron chi connectivity index (χ4n) is 3.80. The van der Waals surface area contributed by atoms with Crippen LogP contribution in [-0.4, -0.2) is 16.8 Å². The number of halogens is 2. The van der Waals surface area contributed by atoms with Gasteiger partial charge in [0.05, 0.1) is 15.7 Å². The van der Waals surface area contributed by atoms with E-state index in [0.29, 0.717) is 26.5 Å². The molecule has 7 heteroatoms. The molecule has 0 aliphatic heterocycles. The molecule has 1 N–H and O–H groups in total. The zero-order chi connectivity index (χ0) is 22.3. The summed E-state index contributed by atoms with van der Waals surface area (Å²) in [6.45, 7) is 5.81. The molecule has 0 radical (unpaired) electrons. The minimum absolute atomic E-state index is 0.000672. The molecule has 2 rings (SSSR count). The average Bonchev–Trinajstić information content (AvgIpc) is 2.69. The zero-order valence-electron chi connectivity index (χ0n) is 18.0. The van der Waals surface area contributed by atoms with Crippen LogP contribution < -0.4 is 5.32 Å². The Balaban J connectivity index is 2.23. The Bertz CT molecular complexity index is 789. The highest BCUT2D eigenvalue weighted by atomic mass is 35.5. The van der Waals surface area contributed by atoms with E-state index in [4.69, 9.17) is 23.2 Å². The van der Waals surface area contributed by atoms with Gasteiger partial charge in [-0.05, 0) is 62.4 Å². The summed E-state index contributed by atoms with van der Waals surface area (Å²) < 4.78 is 0. The van der Waals surface area contributed by atoms with Gasteiger partial charge in [-0.15, -0.1) is 0 Å². The van der Waals surface area contributed by atoms with Crippen molar-refractivity contribution in [3.63, 3.8) is 0 Å². The topological polar surface area (TPSA) is 63.2 Å². The van der Waals surface area contributed by atoms with E-state index in [1.807, 2.05) is 0 Å². The van der Waals surface area contributed by atoms with Crippen molar-refractivity contribution in [3.05, 3.63) is 22.2 Å². The zero-order valence-corrected chi connectivity index (χ0v) is 20.3. The number of rotatable bonds is 9. The molecular weight excluding hydrogens is 441 g/mol. The van der Waals surface area contributed by atoms with E-state index < -0.39 is 0 Å². The quantitative estimate of drug-likeness (QED) is 0.383. The lowest BCUT2D eigenvalue weighted by Gasteiger charge is -2.36. The lowest BCUT2D eigenvalue weighted by molar-refractivity contribution is -0.128. The van der Waals surface area contributed by atoms with Gasteiger partial charge >= 0.3 is 0 Å². The Morgan fingerprint density at radius 1 is 1.07 bits per heavy atom. The average molecular weight is 472 g/mol. The Labute approximate surface area is 193 Å². The second-order valence-electron chi connectivity index (χ2n) is 8.67. The van der Waals surface area contributed by atoms with Gasteiger partial charge in [-0.3, -0.25) is 9.59 Å². The van der Waals surface area contributed by atoms with Crippen LogP contribution in [0, 0.1) is 11.3 Å². The maximum atomic E-state index is 13.4. The van der Waals surface area contributed by atoms with E-state index in [-0.39, 0.29) is 35.1 Å². The van der Waals surface area contributed by atoms with Crippen LogP contribution in [-0.2, 0) is 14.4 Å². The van der Waals surface area contributed by atoms with Gasteiger partial charge in [0.15, 0.2) is 5.12 Å². The van der Waals surface area contributed by atoms with Crippen LogP contribution in [0.4, 0.5) is 5.69 Å². The number of benzene rings is 1. The van der Waals surface area contributed by atoms with Crippen LogP contribution in [0.1, 0.15) is 78.6 Å². The van der Waals surface area contributed by atoms with Gasteiger partial charge in [0.2, 0.25) is 5.91 Å². The van der Waals surface area contributed by atoms with Gasteiger partial charge in [-0.25, -0.2) is 0 Å². The third-order valence-corrected chi connectivity index (χ3v) is 7.38. The van der Waals surface area contributed by atoms with Gasteiger partial charge in [-0.1, -0.05) is 56.3 Å². The normalized spacial score (nSPS) is 15.8. The molecule has 0 unspecified atom stereocenters. The summed E-state index contributed by atoms with van der Waals surface area (Å²) in [5, 5.41) is 3.56. The number of anilines is 1. The molecule has 30 heavy (non-hydrogen) atoms. The highest BCUT2D eigenvalue weighted by molar-refractivity contribution is 8.13. The van der Waals surface area contributed by atoms with Crippen LogP contribution in [0.15, 0.2) is 17.0 Å². The van der Waals surface area contributed by atoms with Crippen LogP contribution in [0.3, 0.4) is 0 Å². The smallest absolute Gasteiger partial charge is 0.230 e. The summed E-state index contributed by atoms with van der Waals surface area (Å²) in [7, 11) is 0. The molecule has 0 aromatic heterocycles. The Kier molecular flexibility index (Phi) is 9.70. The van der Waals surface area contributed by atoms with Crippen molar-refractivity contribution in [2.75, 3.05) is 5.32 Å². The highest BCUT2D eigenvalue weighted by Gasteiger charge is 2.39. The molecule has 1 aliphatic carbocycles. The van der Waals surface area contributed by atoms with Gasteiger partial charge < -0.3 is 10.1 Å². The lowest BCUT2D eigenvalue weighted by Crippen LogP contribution is -2.38. The first-order chi connectivity index (χ1) is 14.1. The van der Waals surface area contributed by atoms with E-state index in [1.165, 1.54) is 6.92 Å². The van der Waals surface area contributed by atoms with Crippen molar-refractivity contribution >= 4 is 57.5 Å². The molecule has 1 fully saturated rings. The van der Waals surface area contributed by atoms with Crippen LogP contribution in [0.25, 0.3) is 0 Å². The number of amides is 1. The van der Waals surface area contributed by atoms with E-state index >= 15 is 0 Å². The van der Waals surface area contributed by atoms with E-state index in [2.05, 4.69) is 19.2 Å². The number of nitrogens with one attached hydrogen (secondary N) is 1. The molecule has 0 saturated heterocycles. The Morgan fingerprint density at radius 3 is 2.30 bits per heavy atom. The van der Waals surface area contributed by atoms with Crippen molar-refractivity contribution in [2.45, 2.75) is 83.5 Å². The first-order valence-corrected chi connectivity index (χ1v) is 12.2. The van der Waals surface area contributed by atoms with E-state index in [0.717, 1.165) is 56.7 Å². The number of hydrogen-bond acceptors (Lipinski definition) is 4. The number of Topliss-reactive ketones (excluding diaryl/α,β-unsaturated/α-hetero) is 1. The summed E-state index contributed by atoms with van der Waals surface area (Å²) in [5.41, 5.74) is 0.125. The maximum absolute atomic E-state index is 13.4. The fraction of sp³-hybridized carbons (Fsp3) is 0.609. The molecular formula is C23H31Cl2NO3S. The van der Waals surface area contributed by atoms with Crippen molar-refractivity contribution in [3.8, 4) is 0 Å². The molecule has 1 aromatic carbocycles. The second-order valence-corrected chi connectivity index (χ2v) is 10.6. The third kappa shape index (κ3) is 7.28. The van der Waals surface area contributed by atoms with Crippen LogP contribution in [0.5, 0.6) is 0 Å². The third-order valence-electron chi connectivity index (χ3n) is 5.67. The number of carbonyl (C=O) groups is 3. The van der Waals surface area contributed by atoms with Gasteiger partial charge in [0, 0.05) is 23.2 Å². The maximum Gasteiger partial charge on any atom is 0.230 e. The SMILES string of the molecule is CC(=O)CCC(=O)Sc1cc(Cl)c(Cl)cc1NC(=O)C1(CCC(C)C)CCCCC1. The van der Waals surface area contributed by atoms with Crippen LogP contribution in [0.2, 0.25) is 10.0 Å². The fourth-order valence-corrected chi connectivity index (χ4v) is 5.04. The second kappa shape index (κ2) is 11.5. The highest BCUT2D eigenvalue weighted by Crippen LogP contribution is 2.43. The van der Waals surface area contributed by atoms with E-state index in [1.54, 1.807) is 12.1 Å². The molecule has 0 heterocycles. The first-order valence-electron chi connectivity index (χ1n) is 10.6. The van der Waals surface area contributed by atoms with Gasteiger partial charge in [0.1, 0.15) is 5.78 Å². The summed E-state index contributed by atoms with van der Waals surface area (Å²) in [6.07, 6.45) is 7.24. The number of ketones is 1. The van der Waals surface area contributed by atoms with E-state index in [9.17, 15) is 14.4 Å². The minimum atomic E-state index is -0.380. The molecule has 0 atom stereocenters. The molecule has 0 spiro atoms. The van der Waals surface area contributed by atoms with Crippen molar-refractivity contribution in [2.24, 2.45) is 11.3 Å². The monoisotopic (exact) mass is 471 g/mol. The summed E-state index contributed by atoms with van der Waals surface area (Å²) in [5.74, 6) is 0.502. The van der Waals surface area contributed by atoms with Crippen molar-refractivity contribution in [1.82, 2.24) is 0 Å². The molecule has 1 aliphatic rings. The Hall–Kier alpha value is -1.04. The minimum Gasteiger partial charge on any atom is -0.325 e. The van der Waals surface area contributed by atoms with Crippen molar-refractivity contribution < 1.29 is 14.4 Å². The molecule has 166 valence electrons. The number of carbonyl (C=O) groups excluding carboxylic acids is 3. The summed E-state index contributed by atoms with van der Waals surface area (Å²) in [6, 6.07) is 3.22. The van der Waals surface area contributed by atoms with Crippen LogP contribution >= 0.6 is 35.0 Å². The largest absolute Gasteiger partial charge is 0.325 e.